The van der Waals surface area contributed by atoms with E-state index in [0.717, 1.165) is 0 Å². The van der Waals surface area contributed by atoms with Gasteiger partial charge in [-0.1, -0.05) is 0 Å². The molecule has 0 unspecified atom stereocenters. The molecule has 0 saturated carbocycles. The van der Waals surface area contributed by atoms with E-state index in [-0.39, 0.29) is 12.2 Å². The van der Waals surface area contributed by atoms with Crippen LogP contribution in [0, 0.1) is 0 Å². The van der Waals surface area contributed by atoms with Gasteiger partial charge in [0.05, 0.1) is 6.61 Å². The van der Waals surface area contributed by atoms with Crippen LogP contribution < -0.4 is 0 Å². The number of aliphatic hydroxyl groups is 1. The van der Waals surface area contributed by atoms with Crippen molar-refractivity contribution in [1.29, 1.82) is 0 Å². The molecule has 5 heteroatoms. The molecule has 0 radical (unpaired) electrons. The van der Waals surface area contributed by atoms with Crippen LogP contribution in [0.3, 0.4) is 0 Å². The summed E-state index contributed by atoms with van der Waals surface area (Å²) in [6.45, 7) is 4.03. The highest BCUT2D eigenvalue weighted by molar-refractivity contribution is 4.91. The van der Waals surface area contributed by atoms with E-state index in [1.54, 1.807) is 0 Å². The zero-order chi connectivity index (χ0) is 10.3. The largest absolute Gasteiger partial charge is 0.385 e. The average Bonchev–Trinajstić information content (AvgIpc) is 2.42. The van der Waals surface area contributed by atoms with Crippen LogP contribution in [0.1, 0.15) is 13.8 Å². The highest BCUT2D eigenvalue weighted by atomic mass is 16.8. The molecule has 4 atom stereocenters. The number of fused-ring (bicyclic) bond motifs is 1. The zero-order valence-corrected chi connectivity index (χ0v) is 8.60. The molecule has 2 aliphatic rings. The Bertz CT molecular complexity index is 217. The molecule has 0 aromatic heterocycles. The molecule has 2 saturated heterocycles. The Labute approximate surface area is 82.9 Å². The van der Waals surface area contributed by atoms with Gasteiger partial charge in [0.15, 0.2) is 12.1 Å². The van der Waals surface area contributed by atoms with Crippen LogP contribution in [0.25, 0.3) is 0 Å². The molecule has 1 N–H and O–H groups in total. The maximum Gasteiger partial charge on any atom is 0.185 e. The molecule has 0 amide bonds. The highest BCUT2D eigenvalue weighted by Gasteiger charge is 2.50. The van der Waals surface area contributed by atoms with E-state index in [2.05, 4.69) is 0 Å². The van der Waals surface area contributed by atoms with Gasteiger partial charge in [-0.2, -0.15) is 0 Å². The Hall–Kier alpha value is -0.200. The monoisotopic (exact) mass is 204 g/mol. The lowest BCUT2D eigenvalue weighted by atomic mass is 10.1. The van der Waals surface area contributed by atoms with Crippen molar-refractivity contribution in [3.8, 4) is 0 Å². The van der Waals surface area contributed by atoms with Gasteiger partial charge in [0.2, 0.25) is 0 Å². The molecule has 2 fully saturated rings. The van der Waals surface area contributed by atoms with E-state index in [1.165, 1.54) is 7.11 Å². The van der Waals surface area contributed by atoms with Crippen molar-refractivity contribution in [2.24, 2.45) is 0 Å². The number of aliphatic hydroxyl groups excluding tert-OH is 1. The number of ether oxygens (including phenoxy) is 4. The number of rotatable bonds is 1. The molecule has 0 aromatic carbocycles. The van der Waals surface area contributed by atoms with Gasteiger partial charge in [0.1, 0.15) is 18.3 Å². The summed E-state index contributed by atoms with van der Waals surface area (Å²) in [6.07, 6.45) is -1.97. The third-order valence-corrected chi connectivity index (χ3v) is 2.49. The third kappa shape index (κ3) is 1.66. The Balaban J connectivity index is 2.08. The van der Waals surface area contributed by atoms with Crippen LogP contribution >= 0.6 is 0 Å². The standard InChI is InChI=1S/C9H16O5/c1-9(2)13-5-4-12-8(11-3)6(10)7(5)14-9/h5-8,10H,4H2,1-3H3/t5-,6-,7-,8+/m0/s1. The molecule has 2 rings (SSSR count). The molecule has 0 bridgehead atoms. The summed E-state index contributed by atoms with van der Waals surface area (Å²) in [7, 11) is 1.50. The minimum Gasteiger partial charge on any atom is -0.385 e. The van der Waals surface area contributed by atoms with Crippen LogP contribution in [0.4, 0.5) is 0 Å². The second-order valence-electron chi connectivity index (χ2n) is 4.07. The SMILES string of the molecule is CO[C@@H]1OC[C@@H]2OC(C)(C)O[C@@H]2[C@@H]1O. The first-order valence-electron chi connectivity index (χ1n) is 4.71. The van der Waals surface area contributed by atoms with Gasteiger partial charge in [-0.05, 0) is 13.8 Å². The van der Waals surface area contributed by atoms with Crippen LogP contribution in [0.2, 0.25) is 0 Å². The molecular weight excluding hydrogens is 188 g/mol. The lowest BCUT2D eigenvalue weighted by molar-refractivity contribution is -0.241. The Morgan fingerprint density at radius 2 is 2.07 bits per heavy atom. The smallest absolute Gasteiger partial charge is 0.185 e. The molecule has 14 heavy (non-hydrogen) atoms. The summed E-state index contributed by atoms with van der Waals surface area (Å²) in [5, 5.41) is 9.82. The minimum atomic E-state index is -0.791. The van der Waals surface area contributed by atoms with Crippen LogP contribution in [-0.4, -0.2) is 49.2 Å². The van der Waals surface area contributed by atoms with E-state index in [4.69, 9.17) is 18.9 Å². The second-order valence-corrected chi connectivity index (χ2v) is 4.07. The average molecular weight is 204 g/mol. The van der Waals surface area contributed by atoms with Gasteiger partial charge in [0.25, 0.3) is 0 Å². The van der Waals surface area contributed by atoms with Crippen molar-refractivity contribution in [1.82, 2.24) is 0 Å². The van der Waals surface area contributed by atoms with E-state index >= 15 is 0 Å². The summed E-state index contributed by atoms with van der Waals surface area (Å²) < 4.78 is 21.4. The fraction of sp³-hybridized carbons (Fsp3) is 1.00. The minimum absolute atomic E-state index is 0.202. The zero-order valence-electron chi connectivity index (χ0n) is 8.60. The van der Waals surface area contributed by atoms with Crippen molar-refractivity contribution in [3.63, 3.8) is 0 Å². The molecule has 82 valence electrons. The van der Waals surface area contributed by atoms with E-state index in [0.29, 0.717) is 6.61 Å². The highest BCUT2D eigenvalue weighted by Crippen LogP contribution is 2.34. The van der Waals surface area contributed by atoms with Crippen LogP contribution in [0.15, 0.2) is 0 Å². The first-order valence-corrected chi connectivity index (χ1v) is 4.71. The number of methoxy groups -OCH3 is 1. The van der Waals surface area contributed by atoms with E-state index in [1.807, 2.05) is 13.8 Å². The first-order chi connectivity index (χ1) is 6.53. The first kappa shape index (κ1) is 10.3. The number of hydrogen-bond donors (Lipinski definition) is 1. The molecule has 2 heterocycles. The molecule has 2 aliphatic heterocycles. The molecular formula is C9H16O5. The Kier molecular flexibility index (Phi) is 2.53. The molecule has 0 aromatic rings. The Morgan fingerprint density at radius 1 is 1.36 bits per heavy atom. The molecule has 0 aliphatic carbocycles. The normalized spacial score (nSPS) is 46.3. The van der Waals surface area contributed by atoms with Gasteiger partial charge in [0, 0.05) is 7.11 Å². The van der Waals surface area contributed by atoms with Crippen molar-refractivity contribution in [2.75, 3.05) is 13.7 Å². The van der Waals surface area contributed by atoms with Crippen LogP contribution in [-0.2, 0) is 18.9 Å². The second kappa shape index (κ2) is 3.43. The summed E-state index contributed by atoms with van der Waals surface area (Å²) >= 11 is 0. The van der Waals surface area contributed by atoms with Gasteiger partial charge < -0.3 is 24.1 Å². The summed E-state index contributed by atoms with van der Waals surface area (Å²) in [5.74, 6) is -0.650. The van der Waals surface area contributed by atoms with E-state index in [9.17, 15) is 5.11 Å². The van der Waals surface area contributed by atoms with Gasteiger partial charge >= 0.3 is 0 Å². The Morgan fingerprint density at radius 3 is 2.71 bits per heavy atom. The fourth-order valence-corrected chi connectivity index (χ4v) is 1.93. The van der Waals surface area contributed by atoms with Gasteiger partial charge in [-0.25, -0.2) is 0 Å². The predicted molar refractivity (Wildman–Crippen MR) is 46.6 cm³/mol. The lowest BCUT2D eigenvalue weighted by Crippen LogP contribution is -2.52. The molecule has 5 nitrogen and oxygen atoms in total. The summed E-state index contributed by atoms with van der Waals surface area (Å²) in [6, 6.07) is 0. The summed E-state index contributed by atoms with van der Waals surface area (Å²) in [4.78, 5) is 0. The van der Waals surface area contributed by atoms with Crippen molar-refractivity contribution in [2.45, 2.75) is 44.2 Å². The van der Waals surface area contributed by atoms with Crippen molar-refractivity contribution < 1.29 is 24.1 Å². The van der Waals surface area contributed by atoms with Gasteiger partial charge in [-0.15, -0.1) is 0 Å². The van der Waals surface area contributed by atoms with E-state index < -0.39 is 18.2 Å². The summed E-state index contributed by atoms with van der Waals surface area (Å²) in [5.41, 5.74) is 0. The predicted octanol–water partition coefficient (Wildman–Crippen LogP) is -0.130. The quantitative estimate of drug-likeness (QED) is 0.644. The number of hydrogen-bond acceptors (Lipinski definition) is 5. The van der Waals surface area contributed by atoms with Crippen molar-refractivity contribution >= 4 is 0 Å². The maximum absolute atomic E-state index is 9.82. The van der Waals surface area contributed by atoms with Crippen LogP contribution in [0.5, 0.6) is 0 Å². The van der Waals surface area contributed by atoms with Gasteiger partial charge in [-0.3, -0.25) is 0 Å². The fourth-order valence-electron chi connectivity index (χ4n) is 1.93. The molecule has 0 spiro atoms. The maximum atomic E-state index is 9.82. The van der Waals surface area contributed by atoms with Crippen molar-refractivity contribution in [3.05, 3.63) is 0 Å². The topological polar surface area (TPSA) is 57.2 Å². The third-order valence-electron chi connectivity index (χ3n) is 2.49. The lowest BCUT2D eigenvalue weighted by Gasteiger charge is -2.33.